The summed E-state index contributed by atoms with van der Waals surface area (Å²) in [6.07, 6.45) is 0. The van der Waals surface area contributed by atoms with Crippen LogP contribution in [0.15, 0.2) is 35.4 Å². The van der Waals surface area contributed by atoms with E-state index < -0.39 is 5.97 Å². The van der Waals surface area contributed by atoms with Crippen LogP contribution in [0.4, 0.5) is 5.69 Å². The Kier molecular flexibility index (Phi) is 7.99. The number of nitriles is 1. The van der Waals surface area contributed by atoms with Crippen LogP contribution in [0.2, 0.25) is 0 Å². The van der Waals surface area contributed by atoms with Crippen LogP contribution >= 0.6 is 11.8 Å². The number of pyridine rings is 1. The fraction of sp³-hybridized carbons (Fsp3) is 0.300. The highest BCUT2D eigenvalue weighted by molar-refractivity contribution is 8.00. The highest BCUT2D eigenvalue weighted by Crippen LogP contribution is 2.25. The molecule has 0 aliphatic heterocycles. The first-order valence-corrected chi connectivity index (χ1v) is 9.56. The molecule has 0 saturated carbocycles. The molecule has 1 heterocycles. The van der Waals surface area contributed by atoms with Crippen molar-refractivity contribution in [1.29, 1.82) is 5.26 Å². The number of nitrogens with one attached hydrogen (secondary N) is 1. The molecule has 7 nitrogen and oxygen atoms in total. The van der Waals surface area contributed by atoms with Crippen molar-refractivity contribution in [2.75, 3.05) is 24.8 Å². The molecule has 8 heteroatoms. The number of hydrogen-bond acceptors (Lipinski definition) is 7. The number of nitrogens with zero attached hydrogens (tertiary/aromatic N) is 2. The van der Waals surface area contributed by atoms with Gasteiger partial charge in [0, 0.05) is 18.5 Å². The number of amides is 1. The van der Waals surface area contributed by atoms with Crippen molar-refractivity contribution in [3.8, 4) is 6.07 Å². The minimum Gasteiger partial charge on any atom is -0.462 e. The summed E-state index contributed by atoms with van der Waals surface area (Å²) in [6.45, 7) is 4.18. The normalized spacial score (nSPS) is 10.2. The number of hydrogen-bond donors (Lipinski definition) is 1. The maximum atomic E-state index is 12.2. The summed E-state index contributed by atoms with van der Waals surface area (Å²) < 4.78 is 10.0. The summed E-state index contributed by atoms with van der Waals surface area (Å²) in [5.41, 5.74) is 2.90. The zero-order valence-corrected chi connectivity index (χ0v) is 16.8. The molecule has 28 heavy (non-hydrogen) atoms. The van der Waals surface area contributed by atoms with Gasteiger partial charge in [0.05, 0.1) is 30.1 Å². The summed E-state index contributed by atoms with van der Waals surface area (Å²) in [7, 11) is 1.56. The van der Waals surface area contributed by atoms with Crippen LogP contribution in [0, 0.1) is 18.3 Å². The molecule has 0 spiro atoms. The number of anilines is 1. The van der Waals surface area contributed by atoms with Crippen molar-refractivity contribution in [3.05, 3.63) is 52.7 Å². The number of carbonyl (C=O) groups excluding carboxylic acids is 2. The van der Waals surface area contributed by atoms with Gasteiger partial charge in [-0.3, -0.25) is 4.79 Å². The van der Waals surface area contributed by atoms with Crippen molar-refractivity contribution in [2.45, 2.75) is 25.5 Å². The van der Waals surface area contributed by atoms with Gasteiger partial charge in [-0.05, 0) is 49.7 Å². The Morgan fingerprint density at radius 3 is 2.61 bits per heavy atom. The minimum absolute atomic E-state index is 0.0944. The lowest BCUT2D eigenvalue weighted by Crippen LogP contribution is -2.14. The van der Waals surface area contributed by atoms with Crippen molar-refractivity contribution in [2.24, 2.45) is 0 Å². The van der Waals surface area contributed by atoms with Crippen LogP contribution in [-0.2, 0) is 20.9 Å². The molecular formula is C20H21N3O4S. The first kappa shape index (κ1) is 21.4. The molecule has 0 aliphatic carbocycles. The van der Waals surface area contributed by atoms with Gasteiger partial charge < -0.3 is 14.8 Å². The third kappa shape index (κ3) is 5.81. The van der Waals surface area contributed by atoms with Crippen LogP contribution in [0.1, 0.15) is 34.1 Å². The minimum atomic E-state index is -0.405. The van der Waals surface area contributed by atoms with Crippen LogP contribution in [0.3, 0.4) is 0 Å². The lowest BCUT2D eigenvalue weighted by Gasteiger charge is -2.10. The van der Waals surface area contributed by atoms with E-state index in [0.29, 0.717) is 35.1 Å². The number of rotatable bonds is 8. The van der Waals surface area contributed by atoms with E-state index in [1.54, 1.807) is 44.4 Å². The fourth-order valence-corrected chi connectivity index (χ4v) is 3.31. The van der Waals surface area contributed by atoms with Gasteiger partial charge in [0.25, 0.3) is 0 Å². The number of aryl methyl sites for hydroxylation is 1. The van der Waals surface area contributed by atoms with Gasteiger partial charge in [0.15, 0.2) is 0 Å². The Balaban J connectivity index is 2.01. The highest BCUT2D eigenvalue weighted by atomic mass is 32.2. The number of esters is 1. The Bertz CT molecular complexity index is 892. The van der Waals surface area contributed by atoms with Crippen molar-refractivity contribution >= 4 is 29.3 Å². The number of aromatic nitrogens is 1. The summed E-state index contributed by atoms with van der Waals surface area (Å²) >= 11 is 1.19. The van der Waals surface area contributed by atoms with E-state index in [4.69, 9.17) is 9.47 Å². The molecule has 0 aliphatic rings. The van der Waals surface area contributed by atoms with Crippen molar-refractivity contribution < 1.29 is 19.1 Å². The number of carbonyl (C=O) groups is 2. The van der Waals surface area contributed by atoms with E-state index in [1.807, 2.05) is 6.92 Å². The summed E-state index contributed by atoms with van der Waals surface area (Å²) in [6, 6.07) is 10.4. The van der Waals surface area contributed by atoms with E-state index in [2.05, 4.69) is 16.4 Å². The van der Waals surface area contributed by atoms with Crippen LogP contribution in [-0.4, -0.2) is 36.3 Å². The molecular weight excluding hydrogens is 378 g/mol. The van der Waals surface area contributed by atoms with E-state index in [9.17, 15) is 14.9 Å². The van der Waals surface area contributed by atoms with Crippen LogP contribution in [0.5, 0.6) is 0 Å². The van der Waals surface area contributed by atoms with Gasteiger partial charge in [-0.25, -0.2) is 9.78 Å². The monoisotopic (exact) mass is 399 g/mol. The zero-order chi connectivity index (χ0) is 20.5. The number of ether oxygens (including phenoxy) is 2. The molecule has 0 saturated heterocycles. The molecule has 1 aromatic heterocycles. The molecule has 0 radical (unpaired) electrons. The maximum absolute atomic E-state index is 12.2. The molecule has 1 amide bonds. The lowest BCUT2D eigenvalue weighted by molar-refractivity contribution is -0.113. The molecule has 0 bridgehead atoms. The molecule has 146 valence electrons. The van der Waals surface area contributed by atoms with E-state index >= 15 is 0 Å². The van der Waals surface area contributed by atoms with Crippen LogP contribution in [0.25, 0.3) is 0 Å². The quantitative estimate of drug-likeness (QED) is 0.537. The Hall–Kier alpha value is -2.89. The standard InChI is InChI=1S/C20H21N3O4S/c1-4-27-20(25)14-5-7-16(8-6-14)23-18(24)12-28-19-17(10-21)15(11-26-3)9-13(2)22-19/h5-9H,4,11-12H2,1-3H3,(H,23,24). The van der Waals surface area contributed by atoms with E-state index in [-0.39, 0.29) is 11.7 Å². The number of thioether (sulfide) groups is 1. The van der Waals surface area contributed by atoms with Gasteiger partial charge in [0.1, 0.15) is 11.1 Å². The third-order valence-corrected chi connectivity index (χ3v) is 4.60. The molecule has 2 rings (SSSR count). The predicted molar refractivity (Wildman–Crippen MR) is 106 cm³/mol. The molecule has 1 N–H and O–H groups in total. The second kappa shape index (κ2) is 10.4. The Morgan fingerprint density at radius 2 is 2.00 bits per heavy atom. The smallest absolute Gasteiger partial charge is 0.338 e. The molecule has 2 aromatic rings. The van der Waals surface area contributed by atoms with Gasteiger partial charge in [0.2, 0.25) is 5.91 Å². The van der Waals surface area contributed by atoms with Gasteiger partial charge in [-0.2, -0.15) is 5.26 Å². The average molecular weight is 399 g/mol. The number of benzene rings is 1. The topological polar surface area (TPSA) is 101 Å². The molecule has 0 unspecified atom stereocenters. The van der Waals surface area contributed by atoms with E-state index in [1.165, 1.54) is 11.8 Å². The van der Waals surface area contributed by atoms with Gasteiger partial charge in [-0.1, -0.05) is 11.8 Å². The predicted octanol–water partition coefficient (Wildman–Crippen LogP) is 3.32. The lowest BCUT2D eigenvalue weighted by atomic mass is 10.1. The highest BCUT2D eigenvalue weighted by Gasteiger charge is 2.14. The number of methoxy groups -OCH3 is 1. The Morgan fingerprint density at radius 1 is 1.29 bits per heavy atom. The van der Waals surface area contributed by atoms with E-state index in [0.717, 1.165) is 11.3 Å². The Labute approximate surface area is 168 Å². The van der Waals surface area contributed by atoms with Crippen molar-refractivity contribution in [3.63, 3.8) is 0 Å². The molecule has 0 atom stereocenters. The van der Waals surface area contributed by atoms with Crippen LogP contribution < -0.4 is 5.32 Å². The van der Waals surface area contributed by atoms with Gasteiger partial charge >= 0.3 is 5.97 Å². The maximum Gasteiger partial charge on any atom is 0.338 e. The first-order chi connectivity index (χ1) is 13.5. The summed E-state index contributed by atoms with van der Waals surface area (Å²) in [5, 5.41) is 12.7. The van der Waals surface area contributed by atoms with Crippen molar-refractivity contribution in [1.82, 2.24) is 4.98 Å². The molecule has 0 fully saturated rings. The summed E-state index contributed by atoms with van der Waals surface area (Å²) in [4.78, 5) is 28.3. The summed E-state index contributed by atoms with van der Waals surface area (Å²) in [5.74, 6) is -0.552. The third-order valence-electron chi connectivity index (χ3n) is 3.63. The first-order valence-electron chi connectivity index (χ1n) is 8.57. The SMILES string of the molecule is CCOC(=O)c1ccc(NC(=O)CSc2nc(C)cc(COC)c2C#N)cc1. The largest absolute Gasteiger partial charge is 0.462 e. The fourth-order valence-electron chi connectivity index (χ4n) is 2.44. The average Bonchev–Trinajstić information content (AvgIpc) is 2.67. The zero-order valence-electron chi connectivity index (χ0n) is 15.9. The van der Waals surface area contributed by atoms with Gasteiger partial charge in [-0.15, -0.1) is 0 Å². The second-order valence-corrected chi connectivity index (χ2v) is 6.75. The molecule has 1 aromatic carbocycles. The second-order valence-electron chi connectivity index (χ2n) is 5.78.